The van der Waals surface area contributed by atoms with Crippen LogP contribution in [0.3, 0.4) is 0 Å². The SMILES string of the molecule is CCCS(=O)(=O)NCCc1csc(-c2cccs2)n1. The molecular formula is C12H16N2O2S3. The summed E-state index contributed by atoms with van der Waals surface area (Å²) < 4.78 is 25.6. The molecule has 104 valence electrons. The highest BCUT2D eigenvalue weighted by Gasteiger charge is 2.09. The smallest absolute Gasteiger partial charge is 0.211 e. The van der Waals surface area contributed by atoms with E-state index in [0.717, 1.165) is 15.6 Å². The molecule has 19 heavy (non-hydrogen) atoms. The molecular weight excluding hydrogens is 300 g/mol. The minimum absolute atomic E-state index is 0.185. The fraction of sp³-hybridized carbons (Fsp3) is 0.417. The molecule has 7 heteroatoms. The largest absolute Gasteiger partial charge is 0.240 e. The molecule has 0 radical (unpaired) electrons. The van der Waals surface area contributed by atoms with Crippen LogP contribution in [0.25, 0.3) is 9.88 Å². The van der Waals surface area contributed by atoms with Crippen LogP contribution in [0.2, 0.25) is 0 Å². The van der Waals surface area contributed by atoms with E-state index in [1.165, 1.54) is 0 Å². The summed E-state index contributed by atoms with van der Waals surface area (Å²) in [6.07, 6.45) is 1.26. The first-order valence-corrected chi connectivity index (χ1v) is 9.47. The average molecular weight is 316 g/mol. The number of thiophene rings is 1. The minimum Gasteiger partial charge on any atom is -0.240 e. The molecule has 2 rings (SSSR count). The second-order valence-electron chi connectivity index (χ2n) is 4.08. The number of hydrogen-bond donors (Lipinski definition) is 1. The van der Waals surface area contributed by atoms with Gasteiger partial charge in [-0.15, -0.1) is 22.7 Å². The summed E-state index contributed by atoms with van der Waals surface area (Å²) in [4.78, 5) is 5.67. The molecule has 0 spiro atoms. The zero-order valence-corrected chi connectivity index (χ0v) is 13.1. The van der Waals surface area contributed by atoms with Gasteiger partial charge in [0.2, 0.25) is 10.0 Å². The van der Waals surface area contributed by atoms with E-state index in [4.69, 9.17) is 0 Å². The van der Waals surface area contributed by atoms with Crippen molar-refractivity contribution in [2.24, 2.45) is 0 Å². The van der Waals surface area contributed by atoms with E-state index in [1.807, 2.05) is 29.8 Å². The fourth-order valence-electron chi connectivity index (χ4n) is 1.61. The normalized spacial score (nSPS) is 11.8. The van der Waals surface area contributed by atoms with Crippen LogP contribution >= 0.6 is 22.7 Å². The zero-order valence-electron chi connectivity index (χ0n) is 10.6. The van der Waals surface area contributed by atoms with Crippen LogP contribution in [-0.4, -0.2) is 25.7 Å². The number of nitrogens with one attached hydrogen (secondary N) is 1. The van der Waals surface area contributed by atoms with E-state index in [0.29, 0.717) is 19.4 Å². The predicted octanol–water partition coefficient (Wildman–Crippen LogP) is 2.74. The van der Waals surface area contributed by atoms with Gasteiger partial charge in [0, 0.05) is 18.3 Å². The molecule has 0 bridgehead atoms. The van der Waals surface area contributed by atoms with Crippen LogP contribution in [0.4, 0.5) is 0 Å². The molecule has 0 aliphatic heterocycles. The third-order valence-electron chi connectivity index (χ3n) is 2.46. The quantitative estimate of drug-likeness (QED) is 0.854. The molecule has 0 aliphatic carbocycles. The highest BCUT2D eigenvalue weighted by molar-refractivity contribution is 7.89. The van der Waals surface area contributed by atoms with Crippen molar-refractivity contribution in [3.63, 3.8) is 0 Å². The molecule has 2 aromatic heterocycles. The highest BCUT2D eigenvalue weighted by Crippen LogP contribution is 2.27. The van der Waals surface area contributed by atoms with Gasteiger partial charge in [0.05, 0.1) is 16.3 Å². The van der Waals surface area contributed by atoms with Crippen molar-refractivity contribution < 1.29 is 8.42 Å². The van der Waals surface area contributed by atoms with Gasteiger partial charge >= 0.3 is 0 Å². The Kier molecular flexibility index (Phi) is 5.09. The van der Waals surface area contributed by atoms with Gasteiger partial charge in [-0.05, 0) is 17.9 Å². The zero-order chi connectivity index (χ0) is 13.7. The van der Waals surface area contributed by atoms with E-state index in [-0.39, 0.29) is 5.75 Å². The Labute approximate surface area is 121 Å². The topological polar surface area (TPSA) is 59.1 Å². The fourth-order valence-corrected chi connectivity index (χ4v) is 4.37. The first kappa shape index (κ1) is 14.6. The molecule has 0 aliphatic rings. The third kappa shape index (κ3) is 4.38. The van der Waals surface area contributed by atoms with Crippen molar-refractivity contribution in [2.75, 3.05) is 12.3 Å². The second-order valence-corrected chi connectivity index (χ2v) is 7.82. The number of sulfonamides is 1. The first-order chi connectivity index (χ1) is 9.11. The summed E-state index contributed by atoms with van der Waals surface area (Å²) >= 11 is 3.26. The summed E-state index contributed by atoms with van der Waals surface area (Å²) in [5.41, 5.74) is 0.938. The summed E-state index contributed by atoms with van der Waals surface area (Å²) in [5.74, 6) is 0.185. The van der Waals surface area contributed by atoms with Crippen LogP contribution in [0, 0.1) is 0 Å². The number of rotatable bonds is 7. The van der Waals surface area contributed by atoms with Gasteiger partial charge in [-0.1, -0.05) is 13.0 Å². The maximum atomic E-state index is 11.5. The third-order valence-corrected chi connectivity index (χ3v) is 5.98. The van der Waals surface area contributed by atoms with Crippen LogP contribution in [0.5, 0.6) is 0 Å². The lowest BCUT2D eigenvalue weighted by Gasteiger charge is -2.03. The number of thiazole rings is 1. The maximum absolute atomic E-state index is 11.5. The second kappa shape index (κ2) is 6.60. The number of aromatic nitrogens is 1. The van der Waals surface area contributed by atoms with E-state index in [2.05, 4.69) is 9.71 Å². The van der Waals surface area contributed by atoms with Crippen molar-refractivity contribution in [3.8, 4) is 9.88 Å². The van der Waals surface area contributed by atoms with Crippen molar-refractivity contribution >= 4 is 32.7 Å². The van der Waals surface area contributed by atoms with E-state index < -0.39 is 10.0 Å². The van der Waals surface area contributed by atoms with Crippen molar-refractivity contribution in [1.29, 1.82) is 0 Å². The molecule has 2 aromatic rings. The lowest BCUT2D eigenvalue weighted by molar-refractivity contribution is 0.580. The first-order valence-electron chi connectivity index (χ1n) is 6.06. The Morgan fingerprint density at radius 1 is 1.37 bits per heavy atom. The van der Waals surface area contributed by atoms with Gasteiger partial charge in [-0.25, -0.2) is 18.1 Å². The summed E-state index contributed by atoms with van der Waals surface area (Å²) in [7, 11) is -3.11. The Morgan fingerprint density at radius 3 is 2.89 bits per heavy atom. The molecule has 0 saturated carbocycles. The Bertz CT molecular complexity index is 603. The van der Waals surface area contributed by atoms with Gasteiger partial charge in [0.1, 0.15) is 5.01 Å². The molecule has 0 fully saturated rings. The van der Waals surface area contributed by atoms with Gasteiger partial charge in [0.15, 0.2) is 0 Å². The van der Waals surface area contributed by atoms with Gasteiger partial charge in [-0.2, -0.15) is 0 Å². The lowest BCUT2D eigenvalue weighted by atomic mass is 10.3. The predicted molar refractivity (Wildman–Crippen MR) is 81.2 cm³/mol. The lowest BCUT2D eigenvalue weighted by Crippen LogP contribution is -2.28. The monoisotopic (exact) mass is 316 g/mol. The van der Waals surface area contributed by atoms with E-state index in [1.54, 1.807) is 22.7 Å². The van der Waals surface area contributed by atoms with E-state index in [9.17, 15) is 8.42 Å². The summed E-state index contributed by atoms with van der Waals surface area (Å²) in [6.45, 7) is 2.27. The maximum Gasteiger partial charge on any atom is 0.211 e. The van der Waals surface area contributed by atoms with Crippen LogP contribution in [-0.2, 0) is 16.4 Å². The molecule has 1 N–H and O–H groups in total. The molecule has 0 amide bonds. The minimum atomic E-state index is -3.11. The van der Waals surface area contributed by atoms with Crippen LogP contribution < -0.4 is 4.72 Å². The molecule has 0 atom stereocenters. The summed E-state index contributed by atoms with van der Waals surface area (Å²) in [5, 5.41) is 5.01. The van der Waals surface area contributed by atoms with Crippen molar-refractivity contribution in [1.82, 2.24) is 9.71 Å². The van der Waals surface area contributed by atoms with Gasteiger partial charge < -0.3 is 0 Å². The average Bonchev–Trinajstić information content (AvgIpc) is 2.98. The van der Waals surface area contributed by atoms with Gasteiger partial charge in [-0.3, -0.25) is 0 Å². The standard InChI is InChI=1S/C12H16N2O2S3/c1-2-8-19(15,16)13-6-5-10-9-18-12(14-10)11-4-3-7-17-11/h3-4,7,9,13H,2,5-6,8H2,1H3. The van der Waals surface area contributed by atoms with Crippen LogP contribution in [0.1, 0.15) is 19.0 Å². The Hall–Kier alpha value is -0.760. The molecule has 2 heterocycles. The van der Waals surface area contributed by atoms with Gasteiger partial charge in [0.25, 0.3) is 0 Å². The summed E-state index contributed by atoms with van der Waals surface area (Å²) in [6, 6.07) is 4.04. The molecule has 0 unspecified atom stereocenters. The number of hydrogen-bond acceptors (Lipinski definition) is 5. The Balaban J connectivity index is 1.88. The number of nitrogens with zero attached hydrogens (tertiary/aromatic N) is 1. The molecule has 0 saturated heterocycles. The van der Waals surface area contributed by atoms with E-state index >= 15 is 0 Å². The Morgan fingerprint density at radius 2 is 2.21 bits per heavy atom. The van der Waals surface area contributed by atoms with Crippen LogP contribution in [0.15, 0.2) is 22.9 Å². The molecule has 4 nitrogen and oxygen atoms in total. The van der Waals surface area contributed by atoms with Crippen molar-refractivity contribution in [2.45, 2.75) is 19.8 Å². The van der Waals surface area contributed by atoms with Crippen molar-refractivity contribution in [3.05, 3.63) is 28.6 Å². The highest BCUT2D eigenvalue weighted by atomic mass is 32.2. The molecule has 0 aromatic carbocycles.